The highest BCUT2D eigenvalue weighted by atomic mass is 16.1. The third-order valence-corrected chi connectivity index (χ3v) is 6.76. The predicted molar refractivity (Wildman–Crippen MR) is 121 cm³/mol. The normalized spacial score (nSPS) is 22.6. The first-order chi connectivity index (χ1) is 15.2. The van der Waals surface area contributed by atoms with Gasteiger partial charge >= 0.3 is 0 Å². The summed E-state index contributed by atoms with van der Waals surface area (Å²) in [6.45, 7) is 3.29. The van der Waals surface area contributed by atoms with Crippen molar-refractivity contribution in [3.63, 3.8) is 0 Å². The van der Waals surface area contributed by atoms with E-state index in [0.717, 1.165) is 41.7 Å². The van der Waals surface area contributed by atoms with Crippen molar-refractivity contribution in [1.29, 1.82) is 5.26 Å². The van der Waals surface area contributed by atoms with Gasteiger partial charge in [0, 0.05) is 18.0 Å². The van der Waals surface area contributed by atoms with Crippen LogP contribution in [0.5, 0.6) is 0 Å². The average Bonchev–Trinajstić information content (AvgIpc) is 3.23. The summed E-state index contributed by atoms with van der Waals surface area (Å²) >= 11 is 0. The summed E-state index contributed by atoms with van der Waals surface area (Å²) < 4.78 is 0. The highest BCUT2D eigenvalue weighted by Crippen LogP contribution is 2.35. The maximum absolute atomic E-state index is 13.3. The van der Waals surface area contributed by atoms with Gasteiger partial charge in [-0.15, -0.1) is 0 Å². The van der Waals surface area contributed by atoms with Crippen LogP contribution in [0.25, 0.3) is 33.3 Å². The van der Waals surface area contributed by atoms with Crippen LogP contribution in [0.1, 0.15) is 18.4 Å². The molecule has 3 saturated heterocycles. The van der Waals surface area contributed by atoms with Gasteiger partial charge in [-0.05, 0) is 62.2 Å². The molecule has 0 aliphatic carbocycles. The minimum atomic E-state index is -0.217. The topological polar surface area (TPSA) is 101 Å². The molecule has 7 nitrogen and oxygen atoms in total. The quantitative estimate of drug-likeness (QED) is 0.480. The number of H-pyrrole nitrogens is 2. The Morgan fingerprint density at radius 2 is 1.94 bits per heavy atom. The highest BCUT2D eigenvalue weighted by Gasteiger charge is 2.35. The number of hydrogen-bond donors (Lipinski definition) is 3. The van der Waals surface area contributed by atoms with E-state index in [2.05, 4.69) is 26.3 Å². The Morgan fingerprint density at radius 3 is 2.68 bits per heavy atom. The summed E-state index contributed by atoms with van der Waals surface area (Å²) in [5.74, 6) is 1.15. The lowest BCUT2D eigenvalue weighted by molar-refractivity contribution is 0.0976. The summed E-state index contributed by atoms with van der Waals surface area (Å²) in [6.07, 6.45) is 2.36. The smallest absolute Gasteiger partial charge is 0.261 e. The number of anilines is 1. The van der Waals surface area contributed by atoms with Crippen molar-refractivity contribution in [1.82, 2.24) is 19.9 Å². The number of nitrogens with one attached hydrogen (secondary N) is 3. The van der Waals surface area contributed by atoms with Gasteiger partial charge in [0.25, 0.3) is 5.56 Å². The van der Waals surface area contributed by atoms with E-state index in [4.69, 9.17) is 4.98 Å². The Labute approximate surface area is 178 Å². The Bertz CT molecular complexity index is 1370. The molecule has 3 N–H and O–H groups in total. The number of benzene rings is 2. The van der Waals surface area contributed by atoms with Crippen molar-refractivity contribution in [3.05, 3.63) is 58.4 Å². The van der Waals surface area contributed by atoms with E-state index in [1.807, 2.05) is 30.3 Å². The molecule has 7 heteroatoms. The lowest BCUT2D eigenvalue weighted by Crippen LogP contribution is -2.53. The van der Waals surface area contributed by atoms with Crippen molar-refractivity contribution < 1.29 is 0 Å². The number of rotatable bonds is 3. The number of aromatic nitrogens is 3. The number of nitrogens with zero attached hydrogens (tertiary/aromatic N) is 3. The fourth-order valence-electron chi connectivity index (χ4n) is 5.13. The summed E-state index contributed by atoms with van der Waals surface area (Å²) in [5, 5.41) is 13.9. The molecule has 154 valence electrons. The second kappa shape index (κ2) is 6.96. The van der Waals surface area contributed by atoms with Gasteiger partial charge in [0.15, 0.2) is 0 Å². The van der Waals surface area contributed by atoms with Gasteiger partial charge < -0.3 is 20.2 Å². The molecule has 0 spiro atoms. The molecule has 3 fully saturated rings. The zero-order chi connectivity index (χ0) is 20.9. The van der Waals surface area contributed by atoms with E-state index in [1.54, 1.807) is 12.1 Å². The molecule has 0 saturated carbocycles. The van der Waals surface area contributed by atoms with Crippen molar-refractivity contribution in [3.8, 4) is 17.5 Å². The number of piperidine rings is 3. The molecule has 5 heterocycles. The van der Waals surface area contributed by atoms with Gasteiger partial charge in [0.2, 0.25) is 0 Å². The number of imidazole rings is 1. The number of para-hydroxylation sites is 2. The van der Waals surface area contributed by atoms with Crippen LogP contribution in [0.2, 0.25) is 0 Å². The third kappa shape index (κ3) is 2.99. The molecule has 0 unspecified atom stereocenters. The second-order valence-corrected chi connectivity index (χ2v) is 8.57. The Balaban J connectivity index is 1.56. The van der Waals surface area contributed by atoms with E-state index in [9.17, 15) is 10.1 Å². The largest absolute Gasteiger partial charge is 0.379 e. The molecule has 3 aliphatic heterocycles. The van der Waals surface area contributed by atoms with Crippen LogP contribution in [0.4, 0.5) is 5.69 Å². The summed E-state index contributed by atoms with van der Waals surface area (Å²) in [5.41, 5.74) is 3.99. The Morgan fingerprint density at radius 1 is 1.10 bits per heavy atom. The molecule has 1 atom stereocenters. The second-order valence-electron chi connectivity index (χ2n) is 8.57. The summed E-state index contributed by atoms with van der Waals surface area (Å²) in [6, 6.07) is 15.7. The molecule has 0 amide bonds. The van der Waals surface area contributed by atoms with E-state index >= 15 is 0 Å². The summed E-state index contributed by atoms with van der Waals surface area (Å²) in [4.78, 5) is 26.8. The molecule has 4 aromatic rings. The first kappa shape index (κ1) is 18.2. The first-order valence-electron chi connectivity index (χ1n) is 10.7. The number of hydrogen-bond acceptors (Lipinski definition) is 5. The Hall–Kier alpha value is -3.63. The molecule has 2 aromatic heterocycles. The zero-order valence-corrected chi connectivity index (χ0v) is 17.0. The highest BCUT2D eigenvalue weighted by molar-refractivity contribution is 5.99. The van der Waals surface area contributed by atoms with E-state index < -0.39 is 0 Å². The number of nitriles is 1. The minimum Gasteiger partial charge on any atom is -0.379 e. The SMILES string of the molecule is N#Cc1ccc2c(N[C@@H]3CN4CCC3CC4)c(-c3nc4ccccc4[nH]3)c(=O)[nH]c2c1. The van der Waals surface area contributed by atoms with Gasteiger partial charge in [-0.2, -0.15) is 5.26 Å². The number of aromatic amines is 2. The average molecular weight is 410 g/mol. The minimum absolute atomic E-state index is 0.217. The number of fused-ring (bicyclic) bond motifs is 5. The lowest BCUT2D eigenvalue weighted by atomic mass is 9.83. The fourth-order valence-corrected chi connectivity index (χ4v) is 5.13. The number of pyridine rings is 1. The van der Waals surface area contributed by atoms with Crippen LogP contribution < -0.4 is 10.9 Å². The molecule has 31 heavy (non-hydrogen) atoms. The first-order valence-corrected chi connectivity index (χ1v) is 10.7. The predicted octanol–water partition coefficient (Wildman–Crippen LogP) is 3.45. The van der Waals surface area contributed by atoms with E-state index in [0.29, 0.717) is 28.4 Å². The molecule has 3 aliphatic rings. The Kier molecular flexibility index (Phi) is 4.08. The van der Waals surface area contributed by atoms with Crippen LogP contribution in [0, 0.1) is 17.2 Å². The fraction of sp³-hybridized carbons (Fsp3) is 0.292. The van der Waals surface area contributed by atoms with Crippen molar-refractivity contribution in [2.75, 3.05) is 25.0 Å². The van der Waals surface area contributed by atoms with Gasteiger partial charge in [0.1, 0.15) is 11.4 Å². The van der Waals surface area contributed by atoms with Gasteiger partial charge in [-0.3, -0.25) is 4.79 Å². The van der Waals surface area contributed by atoms with Gasteiger partial charge in [-0.1, -0.05) is 12.1 Å². The van der Waals surface area contributed by atoms with Crippen molar-refractivity contribution in [2.45, 2.75) is 18.9 Å². The van der Waals surface area contributed by atoms with Crippen LogP contribution in [0.15, 0.2) is 47.3 Å². The standard InChI is InChI=1S/C24H22N6O/c25-12-14-5-6-16-19(11-14)29-24(31)21(23-27-17-3-1-2-4-18(17)28-23)22(16)26-20-13-30-9-7-15(20)8-10-30/h1-6,11,15,20H,7-10,13H2,(H,27,28)(H2,26,29,31)/t20-/m1/s1. The molecule has 2 bridgehead atoms. The molecular formula is C24H22N6O. The van der Waals surface area contributed by atoms with Crippen LogP contribution in [-0.2, 0) is 0 Å². The maximum Gasteiger partial charge on any atom is 0.261 e. The monoisotopic (exact) mass is 410 g/mol. The van der Waals surface area contributed by atoms with Gasteiger partial charge in [0.05, 0.1) is 33.9 Å². The molecule has 7 rings (SSSR count). The van der Waals surface area contributed by atoms with E-state index in [-0.39, 0.29) is 11.6 Å². The van der Waals surface area contributed by atoms with Crippen molar-refractivity contribution >= 4 is 27.6 Å². The van der Waals surface area contributed by atoms with Crippen molar-refractivity contribution in [2.24, 2.45) is 5.92 Å². The van der Waals surface area contributed by atoms with Crippen LogP contribution in [-0.4, -0.2) is 45.5 Å². The van der Waals surface area contributed by atoms with Crippen LogP contribution >= 0.6 is 0 Å². The lowest BCUT2D eigenvalue weighted by Gasteiger charge is -2.45. The van der Waals surface area contributed by atoms with E-state index in [1.165, 1.54) is 12.8 Å². The molecular weight excluding hydrogens is 388 g/mol. The maximum atomic E-state index is 13.3. The summed E-state index contributed by atoms with van der Waals surface area (Å²) in [7, 11) is 0. The third-order valence-electron chi connectivity index (χ3n) is 6.76. The van der Waals surface area contributed by atoms with Gasteiger partial charge in [-0.25, -0.2) is 4.98 Å². The molecule has 0 radical (unpaired) electrons. The molecule has 2 aromatic carbocycles. The van der Waals surface area contributed by atoms with Crippen LogP contribution in [0.3, 0.4) is 0 Å². The zero-order valence-electron chi connectivity index (χ0n) is 17.0.